The van der Waals surface area contributed by atoms with Crippen LogP contribution in [-0.2, 0) is 12.3 Å². The van der Waals surface area contributed by atoms with Crippen molar-refractivity contribution in [1.29, 1.82) is 0 Å². The molecule has 1 heterocycles. The van der Waals surface area contributed by atoms with E-state index in [1.807, 2.05) is 25.3 Å². The van der Waals surface area contributed by atoms with Gasteiger partial charge < -0.3 is 14.5 Å². The molecule has 1 N–H and O–H groups in total. The van der Waals surface area contributed by atoms with E-state index in [4.69, 9.17) is 9.15 Å². The first-order chi connectivity index (χ1) is 9.72. The average Bonchev–Trinajstić information content (AvgIpc) is 2.88. The molecule has 0 radical (unpaired) electrons. The molecule has 0 amide bonds. The van der Waals surface area contributed by atoms with Crippen molar-refractivity contribution < 1.29 is 13.5 Å². The molecule has 1 aromatic carbocycles. The predicted molar refractivity (Wildman–Crippen MR) is 80.8 cm³/mol. The van der Waals surface area contributed by atoms with E-state index in [0.717, 1.165) is 17.3 Å². The Morgan fingerprint density at radius 2 is 2.05 bits per heavy atom. The van der Waals surface area contributed by atoms with Crippen LogP contribution < -0.4 is 10.1 Å². The summed E-state index contributed by atoms with van der Waals surface area (Å²) in [6.45, 7) is 2.81. The Bertz CT molecular complexity index is 557. The summed E-state index contributed by atoms with van der Waals surface area (Å²) < 4.78 is 24.5. The van der Waals surface area contributed by atoms with E-state index in [0.29, 0.717) is 18.8 Å². The highest BCUT2D eigenvalue weighted by molar-refractivity contribution is 7.97. The van der Waals surface area contributed by atoms with Gasteiger partial charge in [0.1, 0.15) is 11.5 Å². The molecule has 0 saturated heterocycles. The zero-order valence-electron chi connectivity index (χ0n) is 11.6. The van der Waals surface area contributed by atoms with E-state index >= 15 is 0 Å². The normalized spacial score (nSPS) is 10.6. The quantitative estimate of drug-likeness (QED) is 0.826. The van der Waals surface area contributed by atoms with E-state index < -0.39 is 0 Å². The molecular weight excluding hydrogens is 277 g/mol. The second-order valence-corrected chi connectivity index (χ2v) is 5.10. The van der Waals surface area contributed by atoms with Crippen LogP contribution in [0.2, 0.25) is 0 Å². The van der Waals surface area contributed by atoms with Gasteiger partial charge in [0.2, 0.25) is 0 Å². The molecular formula is C15H18FNO2S. The molecule has 2 aromatic rings. The molecule has 0 fully saturated rings. The zero-order valence-corrected chi connectivity index (χ0v) is 12.4. The van der Waals surface area contributed by atoms with Gasteiger partial charge in [0, 0.05) is 11.8 Å². The molecule has 0 bridgehead atoms. The van der Waals surface area contributed by atoms with Crippen molar-refractivity contribution in [2.45, 2.75) is 19.2 Å². The number of nitrogens with one attached hydrogen (secondary N) is 1. The summed E-state index contributed by atoms with van der Waals surface area (Å²) >= 11 is 1.71. The van der Waals surface area contributed by atoms with Crippen molar-refractivity contribution in [1.82, 2.24) is 0 Å². The third-order valence-corrected chi connectivity index (χ3v) is 3.28. The van der Waals surface area contributed by atoms with Gasteiger partial charge in [-0.3, -0.25) is 0 Å². The molecule has 0 aliphatic carbocycles. The van der Waals surface area contributed by atoms with E-state index in [-0.39, 0.29) is 11.6 Å². The van der Waals surface area contributed by atoms with Crippen LogP contribution in [-0.4, -0.2) is 12.9 Å². The van der Waals surface area contributed by atoms with E-state index in [2.05, 4.69) is 5.32 Å². The highest BCUT2D eigenvalue weighted by atomic mass is 32.2. The maximum atomic E-state index is 13.7. The van der Waals surface area contributed by atoms with Gasteiger partial charge in [-0.05, 0) is 37.4 Å². The van der Waals surface area contributed by atoms with Gasteiger partial charge in [-0.15, -0.1) is 0 Å². The van der Waals surface area contributed by atoms with Gasteiger partial charge in [-0.2, -0.15) is 11.8 Å². The number of ether oxygens (including phenoxy) is 1. The molecule has 0 saturated carbocycles. The first kappa shape index (κ1) is 14.8. The van der Waals surface area contributed by atoms with Crippen molar-refractivity contribution in [2.24, 2.45) is 0 Å². The number of hydrogen-bond donors (Lipinski definition) is 1. The topological polar surface area (TPSA) is 34.4 Å². The lowest BCUT2D eigenvalue weighted by Crippen LogP contribution is -2.00. The maximum Gasteiger partial charge on any atom is 0.167 e. The van der Waals surface area contributed by atoms with Gasteiger partial charge >= 0.3 is 0 Å². The van der Waals surface area contributed by atoms with Crippen LogP contribution in [0.25, 0.3) is 0 Å². The lowest BCUT2D eigenvalue weighted by atomic mass is 10.3. The number of thioether (sulfide) groups is 1. The van der Waals surface area contributed by atoms with Crippen LogP contribution >= 0.6 is 11.8 Å². The summed E-state index contributed by atoms with van der Waals surface area (Å²) in [5, 5.41) is 3.13. The second-order valence-electron chi connectivity index (χ2n) is 4.23. The summed E-state index contributed by atoms with van der Waals surface area (Å²) in [5.41, 5.74) is 0.703. The highest BCUT2D eigenvalue weighted by Crippen LogP contribution is 2.22. The molecule has 20 heavy (non-hydrogen) atoms. The standard InChI is InChI=1S/C15H18FNO2S/c1-3-18-15-7-4-11(8-14(15)16)17-9-12-5-6-13(19-12)10-20-2/h4-8,17H,3,9-10H2,1-2H3. The van der Waals surface area contributed by atoms with Gasteiger partial charge in [0.15, 0.2) is 11.6 Å². The molecule has 2 rings (SSSR count). The first-order valence-corrected chi connectivity index (χ1v) is 7.85. The van der Waals surface area contributed by atoms with Crippen LogP contribution in [0.15, 0.2) is 34.7 Å². The van der Waals surface area contributed by atoms with Gasteiger partial charge in [-0.1, -0.05) is 0 Å². The fourth-order valence-electron chi connectivity index (χ4n) is 1.81. The van der Waals surface area contributed by atoms with Gasteiger partial charge in [-0.25, -0.2) is 4.39 Å². The first-order valence-electron chi connectivity index (χ1n) is 6.45. The Hall–Kier alpha value is -1.62. The minimum Gasteiger partial charge on any atom is -0.491 e. The largest absolute Gasteiger partial charge is 0.491 e. The van der Waals surface area contributed by atoms with Gasteiger partial charge in [0.05, 0.1) is 18.9 Å². The van der Waals surface area contributed by atoms with E-state index in [1.165, 1.54) is 6.07 Å². The Kier molecular flexibility index (Phi) is 5.35. The second kappa shape index (κ2) is 7.24. The SMILES string of the molecule is CCOc1ccc(NCc2ccc(CSC)o2)cc1F. The van der Waals surface area contributed by atoms with Crippen LogP contribution in [0.1, 0.15) is 18.4 Å². The molecule has 0 spiro atoms. The van der Waals surface area contributed by atoms with Gasteiger partial charge in [0.25, 0.3) is 0 Å². The van der Waals surface area contributed by atoms with Crippen LogP contribution in [0, 0.1) is 5.82 Å². The Morgan fingerprint density at radius 3 is 2.75 bits per heavy atom. The number of hydrogen-bond acceptors (Lipinski definition) is 4. The molecule has 5 heteroatoms. The van der Waals surface area contributed by atoms with Crippen molar-refractivity contribution in [2.75, 3.05) is 18.2 Å². The third-order valence-electron chi connectivity index (χ3n) is 2.70. The highest BCUT2D eigenvalue weighted by Gasteiger charge is 2.05. The third kappa shape index (κ3) is 3.93. The fraction of sp³-hybridized carbons (Fsp3) is 0.333. The van der Waals surface area contributed by atoms with E-state index in [1.54, 1.807) is 23.9 Å². The Balaban J connectivity index is 1.94. The molecule has 108 valence electrons. The summed E-state index contributed by atoms with van der Waals surface area (Å²) in [6.07, 6.45) is 2.03. The van der Waals surface area contributed by atoms with Crippen molar-refractivity contribution >= 4 is 17.4 Å². The molecule has 0 unspecified atom stereocenters. The summed E-state index contributed by atoms with van der Waals surface area (Å²) in [4.78, 5) is 0. The van der Waals surface area contributed by atoms with Crippen molar-refractivity contribution in [3.8, 4) is 5.75 Å². The minimum atomic E-state index is -0.362. The molecule has 0 atom stereocenters. The van der Waals surface area contributed by atoms with E-state index in [9.17, 15) is 4.39 Å². The number of anilines is 1. The molecule has 1 aromatic heterocycles. The van der Waals surface area contributed by atoms with Crippen LogP contribution in [0.5, 0.6) is 5.75 Å². The fourth-order valence-corrected chi connectivity index (χ4v) is 2.25. The summed E-state index contributed by atoms with van der Waals surface area (Å²) in [7, 11) is 0. The molecule has 3 nitrogen and oxygen atoms in total. The Morgan fingerprint density at radius 1 is 1.25 bits per heavy atom. The zero-order chi connectivity index (χ0) is 14.4. The smallest absolute Gasteiger partial charge is 0.167 e. The monoisotopic (exact) mass is 295 g/mol. The molecule has 0 aliphatic rings. The maximum absolute atomic E-state index is 13.7. The van der Waals surface area contributed by atoms with Crippen molar-refractivity contribution in [3.05, 3.63) is 47.7 Å². The Labute approximate surface area is 122 Å². The summed E-state index contributed by atoms with van der Waals surface area (Å²) in [5.74, 6) is 2.56. The molecule has 0 aliphatic heterocycles. The van der Waals surface area contributed by atoms with Crippen LogP contribution in [0.4, 0.5) is 10.1 Å². The number of halogens is 1. The lowest BCUT2D eigenvalue weighted by Gasteiger charge is -2.08. The number of benzene rings is 1. The average molecular weight is 295 g/mol. The predicted octanol–water partition coefficient (Wildman–Crippen LogP) is 4.29. The number of furan rings is 1. The number of rotatable bonds is 7. The van der Waals surface area contributed by atoms with Crippen molar-refractivity contribution in [3.63, 3.8) is 0 Å². The summed E-state index contributed by atoms with van der Waals surface area (Å²) in [6, 6.07) is 8.74. The minimum absolute atomic E-state index is 0.276. The van der Waals surface area contributed by atoms with Crippen LogP contribution in [0.3, 0.4) is 0 Å². The lowest BCUT2D eigenvalue weighted by molar-refractivity contribution is 0.321.